The molecule has 6 nitrogen and oxygen atoms in total. The average Bonchev–Trinajstić information content (AvgIpc) is 3.30. The first-order valence-electron chi connectivity index (χ1n) is 7.26. The number of carbonyl (C=O) groups excluding carboxylic acids is 1. The molecule has 1 aliphatic heterocycles. The van der Waals surface area contributed by atoms with Gasteiger partial charge in [-0.05, 0) is 20.8 Å². The van der Waals surface area contributed by atoms with Gasteiger partial charge in [0, 0.05) is 6.08 Å². The summed E-state index contributed by atoms with van der Waals surface area (Å²) in [6, 6.07) is 0. The van der Waals surface area contributed by atoms with E-state index in [1.54, 1.807) is 0 Å². The third kappa shape index (κ3) is 9.57. The van der Waals surface area contributed by atoms with E-state index < -0.39 is 5.97 Å². The van der Waals surface area contributed by atoms with Gasteiger partial charge in [0.05, 0.1) is 44.7 Å². The van der Waals surface area contributed by atoms with Crippen molar-refractivity contribution in [1.82, 2.24) is 0 Å². The highest BCUT2D eigenvalue weighted by Crippen LogP contribution is 2.10. The lowest BCUT2D eigenvalue weighted by Gasteiger charge is -2.19. The van der Waals surface area contributed by atoms with E-state index in [0.29, 0.717) is 19.8 Å². The fourth-order valence-electron chi connectivity index (χ4n) is 1.44. The molecule has 0 bridgehead atoms. The molecule has 1 fully saturated rings. The quantitative estimate of drug-likeness (QED) is 0.308. The lowest BCUT2D eigenvalue weighted by atomic mass is 10.4. The van der Waals surface area contributed by atoms with Gasteiger partial charge in [-0.25, -0.2) is 4.79 Å². The minimum atomic E-state index is -0.444. The summed E-state index contributed by atoms with van der Waals surface area (Å²) in [5, 5.41) is 0. The zero-order valence-electron chi connectivity index (χ0n) is 13.1. The second-order valence-electron chi connectivity index (χ2n) is 5.22. The molecule has 1 aliphatic rings. The second-order valence-corrected chi connectivity index (χ2v) is 5.22. The van der Waals surface area contributed by atoms with Crippen molar-refractivity contribution in [3.63, 3.8) is 0 Å². The molecule has 6 heteroatoms. The summed E-state index contributed by atoms with van der Waals surface area (Å²) >= 11 is 0. The lowest BCUT2D eigenvalue weighted by Crippen LogP contribution is -2.27. The largest absolute Gasteiger partial charge is 0.460 e. The van der Waals surface area contributed by atoms with E-state index in [9.17, 15) is 4.79 Å². The zero-order valence-corrected chi connectivity index (χ0v) is 13.1. The molecule has 1 rings (SSSR count). The molecule has 0 saturated carbocycles. The minimum absolute atomic E-state index is 0.0302. The molecule has 0 spiro atoms. The maximum absolute atomic E-state index is 10.9. The highest BCUT2D eigenvalue weighted by molar-refractivity contribution is 5.81. The van der Waals surface area contributed by atoms with E-state index in [2.05, 4.69) is 6.58 Å². The number of hydrogen-bond acceptors (Lipinski definition) is 6. The van der Waals surface area contributed by atoms with Crippen LogP contribution in [-0.2, 0) is 28.5 Å². The summed E-state index contributed by atoms with van der Waals surface area (Å²) in [5.41, 5.74) is 0. The highest BCUT2D eigenvalue weighted by Gasteiger charge is 2.23. The number of ether oxygens (including phenoxy) is 5. The van der Waals surface area contributed by atoms with Crippen molar-refractivity contribution in [2.75, 3.05) is 33.0 Å². The van der Waals surface area contributed by atoms with E-state index >= 15 is 0 Å². The minimum Gasteiger partial charge on any atom is -0.460 e. The van der Waals surface area contributed by atoms with Crippen molar-refractivity contribution in [3.8, 4) is 0 Å². The molecule has 21 heavy (non-hydrogen) atoms. The first kappa shape index (κ1) is 18.1. The van der Waals surface area contributed by atoms with Crippen LogP contribution in [0.15, 0.2) is 12.7 Å². The van der Waals surface area contributed by atoms with Crippen molar-refractivity contribution in [2.45, 2.75) is 45.2 Å². The fraction of sp³-hybridized carbons (Fsp3) is 0.800. The molecule has 0 aliphatic carbocycles. The van der Waals surface area contributed by atoms with Crippen molar-refractivity contribution in [3.05, 3.63) is 12.7 Å². The molecular weight excluding hydrogens is 276 g/mol. The Hall–Kier alpha value is -0.950. The molecular formula is C15H26O6. The summed E-state index contributed by atoms with van der Waals surface area (Å²) < 4.78 is 26.7. The van der Waals surface area contributed by atoms with Crippen LogP contribution in [0.3, 0.4) is 0 Å². The van der Waals surface area contributed by atoms with E-state index in [4.69, 9.17) is 23.7 Å². The monoisotopic (exact) mass is 302 g/mol. The number of epoxide rings is 1. The van der Waals surface area contributed by atoms with Gasteiger partial charge in [-0.1, -0.05) is 6.58 Å². The van der Waals surface area contributed by atoms with Gasteiger partial charge < -0.3 is 23.7 Å². The Kier molecular flexibility index (Phi) is 8.52. The normalized spacial score (nSPS) is 21.4. The van der Waals surface area contributed by atoms with Crippen LogP contribution in [-0.4, -0.2) is 63.4 Å². The lowest BCUT2D eigenvalue weighted by molar-refractivity contribution is -0.142. The molecule has 0 N–H and O–H groups in total. The fourth-order valence-corrected chi connectivity index (χ4v) is 1.44. The predicted molar refractivity (Wildman–Crippen MR) is 77.1 cm³/mol. The zero-order chi connectivity index (χ0) is 15.7. The number of rotatable bonds is 12. The first-order chi connectivity index (χ1) is 10.0. The Bertz CT molecular complexity index is 315. The molecule has 122 valence electrons. The number of hydrogen-bond donors (Lipinski definition) is 0. The molecule has 4 atom stereocenters. The van der Waals surface area contributed by atoms with E-state index in [0.717, 1.165) is 12.7 Å². The van der Waals surface area contributed by atoms with Crippen molar-refractivity contribution in [2.24, 2.45) is 0 Å². The van der Waals surface area contributed by atoms with Crippen LogP contribution < -0.4 is 0 Å². The van der Waals surface area contributed by atoms with Gasteiger partial charge >= 0.3 is 5.97 Å². The molecule has 0 amide bonds. The maximum atomic E-state index is 10.9. The topological polar surface area (TPSA) is 66.5 Å². The Balaban J connectivity index is 1.99. The van der Waals surface area contributed by atoms with E-state index in [1.165, 1.54) is 0 Å². The summed E-state index contributed by atoms with van der Waals surface area (Å²) in [4.78, 5) is 10.9. The van der Waals surface area contributed by atoms with Crippen molar-refractivity contribution < 1.29 is 28.5 Å². The van der Waals surface area contributed by atoms with Crippen LogP contribution in [0.2, 0.25) is 0 Å². The van der Waals surface area contributed by atoms with Crippen molar-refractivity contribution in [1.29, 1.82) is 0 Å². The van der Waals surface area contributed by atoms with Crippen molar-refractivity contribution >= 4 is 5.97 Å². The Morgan fingerprint density at radius 2 is 1.67 bits per heavy atom. The standard InChI is InChI=1S/C15H26O6/c1-5-15(16)21-8-13(4)18-6-11(2)17-7-12(3)19-9-14-10-20-14/h5,11-14H,1,6-10H2,2-4H3. The van der Waals surface area contributed by atoms with Crippen LogP contribution in [0.5, 0.6) is 0 Å². The average molecular weight is 302 g/mol. The predicted octanol–water partition coefficient (Wildman–Crippen LogP) is 1.33. The molecule has 1 heterocycles. The SMILES string of the molecule is C=CC(=O)OCC(C)OCC(C)OCC(C)OCC1CO1. The van der Waals surface area contributed by atoms with Gasteiger partial charge in [-0.3, -0.25) is 0 Å². The summed E-state index contributed by atoms with van der Waals surface area (Å²) in [6.45, 7) is 11.6. The summed E-state index contributed by atoms with van der Waals surface area (Å²) in [5.74, 6) is -0.444. The number of carbonyl (C=O) groups is 1. The Morgan fingerprint density at radius 3 is 2.19 bits per heavy atom. The summed E-state index contributed by atoms with van der Waals surface area (Å²) in [6.07, 6.45) is 1.20. The Labute approximate surface area is 126 Å². The van der Waals surface area contributed by atoms with E-state index in [-0.39, 0.29) is 31.0 Å². The molecule has 1 saturated heterocycles. The Morgan fingerprint density at radius 1 is 1.14 bits per heavy atom. The van der Waals surface area contributed by atoms with Crippen LogP contribution in [0, 0.1) is 0 Å². The van der Waals surface area contributed by atoms with Gasteiger partial charge in [0.15, 0.2) is 0 Å². The van der Waals surface area contributed by atoms with Crippen LogP contribution in [0.1, 0.15) is 20.8 Å². The van der Waals surface area contributed by atoms with E-state index in [1.807, 2.05) is 20.8 Å². The van der Waals surface area contributed by atoms with Gasteiger partial charge in [-0.15, -0.1) is 0 Å². The molecule has 4 unspecified atom stereocenters. The first-order valence-corrected chi connectivity index (χ1v) is 7.26. The smallest absolute Gasteiger partial charge is 0.330 e. The maximum Gasteiger partial charge on any atom is 0.330 e. The molecule has 0 aromatic rings. The third-order valence-corrected chi connectivity index (χ3v) is 2.83. The second kappa shape index (κ2) is 9.89. The third-order valence-electron chi connectivity index (χ3n) is 2.83. The van der Waals surface area contributed by atoms with Crippen LogP contribution in [0.4, 0.5) is 0 Å². The highest BCUT2D eigenvalue weighted by atomic mass is 16.6. The molecule has 0 aromatic heterocycles. The number of esters is 1. The van der Waals surface area contributed by atoms with Gasteiger partial charge in [0.25, 0.3) is 0 Å². The summed E-state index contributed by atoms with van der Waals surface area (Å²) in [7, 11) is 0. The van der Waals surface area contributed by atoms with Gasteiger partial charge in [0.2, 0.25) is 0 Å². The van der Waals surface area contributed by atoms with Crippen LogP contribution in [0.25, 0.3) is 0 Å². The van der Waals surface area contributed by atoms with Gasteiger partial charge in [0.1, 0.15) is 12.7 Å². The molecule has 0 radical (unpaired) electrons. The van der Waals surface area contributed by atoms with Gasteiger partial charge in [-0.2, -0.15) is 0 Å². The molecule has 0 aromatic carbocycles. The van der Waals surface area contributed by atoms with Crippen LogP contribution >= 0.6 is 0 Å².